The highest BCUT2D eigenvalue weighted by molar-refractivity contribution is 4.73. The molecule has 13 heavy (non-hydrogen) atoms. The van der Waals surface area contributed by atoms with Gasteiger partial charge in [0.05, 0.1) is 6.10 Å². The lowest BCUT2D eigenvalue weighted by atomic mass is 9.78. The van der Waals surface area contributed by atoms with Crippen LogP contribution in [0.2, 0.25) is 0 Å². The first-order chi connectivity index (χ1) is 5.73. The molecule has 0 spiro atoms. The molecule has 0 aromatic heterocycles. The van der Waals surface area contributed by atoms with Crippen LogP contribution in [-0.4, -0.2) is 11.2 Å². The van der Waals surface area contributed by atoms with E-state index in [2.05, 4.69) is 41.5 Å². The predicted molar refractivity (Wildman–Crippen MR) is 58.7 cm³/mol. The number of hydrogen-bond acceptors (Lipinski definition) is 1. The van der Waals surface area contributed by atoms with Crippen LogP contribution in [0.15, 0.2) is 0 Å². The zero-order valence-electron chi connectivity index (χ0n) is 10.1. The molecule has 0 fully saturated rings. The Balaban J connectivity index is 3.85. The summed E-state index contributed by atoms with van der Waals surface area (Å²) >= 11 is 0. The lowest BCUT2D eigenvalue weighted by Crippen LogP contribution is -2.23. The van der Waals surface area contributed by atoms with Gasteiger partial charge in [-0.3, -0.25) is 0 Å². The third kappa shape index (κ3) is 6.09. The maximum atomic E-state index is 9.75. The maximum Gasteiger partial charge on any atom is 0.0545 e. The summed E-state index contributed by atoms with van der Waals surface area (Å²) in [6.07, 6.45) is 1.75. The molecule has 0 aliphatic heterocycles. The Morgan fingerprint density at radius 3 is 1.77 bits per heavy atom. The van der Waals surface area contributed by atoms with E-state index in [1.54, 1.807) is 0 Å². The molecule has 0 saturated carbocycles. The first-order valence-electron chi connectivity index (χ1n) is 5.41. The number of rotatable bonds is 4. The number of aliphatic hydroxyl groups excluding tert-OH is 1. The summed E-state index contributed by atoms with van der Waals surface area (Å²) in [6.45, 7) is 13.2. The highest BCUT2D eigenvalue weighted by Crippen LogP contribution is 2.30. The Kier molecular flexibility index (Phi) is 4.98. The largest absolute Gasteiger partial charge is 0.393 e. The SMILES string of the molecule is CC(C)CC(O)CC(C)C(C)(C)C. The lowest BCUT2D eigenvalue weighted by Gasteiger charge is -2.29. The highest BCUT2D eigenvalue weighted by atomic mass is 16.3. The van der Waals surface area contributed by atoms with Crippen molar-refractivity contribution in [3.63, 3.8) is 0 Å². The van der Waals surface area contributed by atoms with Crippen molar-refractivity contribution < 1.29 is 5.11 Å². The summed E-state index contributed by atoms with van der Waals surface area (Å²) in [6, 6.07) is 0. The van der Waals surface area contributed by atoms with Gasteiger partial charge in [0, 0.05) is 0 Å². The molecule has 0 amide bonds. The molecule has 80 valence electrons. The molecule has 0 aromatic carbocycles. The summed E-state index contributed by atoms with van der Waals surface area (Å²) in [5, 5.41) is 9.75. The van der Waals surface area contributed by atoms with E-state index < -0.39 is 0 Å². The van der Waals surface area contributed by atoms with E-state index in [0.717, 1.165) is 12.8 Å². The molecule has 0 rings (SSSR count). The van der Waals surface area contributed by atoms with Crippen LogP contribution in [0, 0.1) is 17.3 Å². The van der Waals surface area contributed by atoms with Crippen LogP contribution in [0.25, 0.3) is 0 Å². The van der Waals surface area contributed by atoms with Crippen molar-refractivity contribution in [1.29, 1.82) is 0 Å². The van der Waals surface area contributed by atoms with Gasteiger partial charge in [-0.05, 0) is 30.1 Å². The zero-order chi connectivity index (χ0) is 10.6. The number of aliphatic hydroxyl groups is 1. The van der Waals surface area contributed by atoms with Crippen molar-refractivity contribution in [3.05, 3.63) is 0 Å². The van der Waals surface area contributed by atoms with Gasteiger partial charge in [-0.1, -0.05) is 41.5 Å². The first-order valence-corrected chi connectivity index (χ1v) is 5.41. The lowest BCUT2D eigenvalue weighted by molar-refractivity contribution is 0.0929. The summed E-state index contributed by atoms with van der Waals surface area (Å²) in [5.41, 5.74) is 0.317. The molecule has 0 aromatic rings. The van der Waals surface area contributed by atoms with Crippen LogP contribution in [0.1, 0.15) is 54.4 Å². The van der Waals surface area contributed by atoms with Gasteiger partial charge in [-0.2, -0.15) is 0 Å². The molecule has 1 nitrogen and oxygen atoms in total. The van der Waals surface area contributed by atoms with Crippen molar-refractivity contribution in [3.8, 4) is 0 Å². The topological polar surface area (TPSA) is 20.2 Å². The molecule has 0 aliphatic carbocycles. The first kappa shape index (κ1) is 13.0. The minimum absolute atomic E-state index is 0.116. The predicted octanol–water partition coefficient (Wildman–Crippen LogP) is 3.47. The molecule has 1 N–H and O–H groups in total. The highest BCUT2D eigenvalue weighted by Gasteiger charge is 2.22. The Morgan fingerprint density at radius 1 is 1.00 bits per heavy atom. The standard InChI is InChI=1S/C12H26O/c1-9(2)7-11(13)8-10(3)12(4,5)6/h9-11,13H,7-8H2,1-6H3. The fourth-order valence-electron chi connectivity index (χ4n) is 1.40. The van der Waals surface area contributed by atoms with E-state index in [1.807, 2.05) is 0 Å². The van der Waals surface area contributed by atoms with E-state index in [-0.39, 0.29) is 6.10 Å². The Bertz CT molecular complexity index is 133. The molecule has 0 heterocycles. The summed E-state index contributed by atoms with van der Waals surface area (Å²) in [4.78, 5) is 0. The molecule has 0 aliphatic rings. The normalized spacial score (nSPS) is 17.5. The van der Waals surface area contributed by atoms with Crippen LogP contribution in [0.3, 0.4) is 0 Å². The Hall–Kier alpha value is -0.0400. The average molecular weight is 186 g/mol. The van der Waals surface area contributed by atoms with Crippen LogP contribution >= 0.6 is 0 Å². The van der Waals surface area contributed by atoms with Gasteiger partial charge in [0.25, 0.3) is 0 Å². The molecular formula is C12H26O. The van der Waals surface area contributed by atoms with Gasteiger partial charge >= 0.3 is 0 Å². The molecule has 1 heteroatoms. The fraction of sp³-hybridized carbons (Fsp3) is 1.00. The summed E-state index contributed by atoms with van der Waals surface area (Å²) in [7, 11) is 0. The van der Waals surface area contributed by atoms with Crippen LogP contribution < -0.4 is 0 Å². The zero-order valence-corrected chi connectivity index (χ0v) is 10.1. The molecule has 2 unspecified atom stereocenters. The van der Waals surface area contributed by atoms with Gasteiger partial charge < -0.3 is 5.11 Å². The van der Waals surface area contributed by atoms with Crippen LogP contribution in [-0.2, 0) is 0 Å². The van der Waals surface area contributed by atoms with Crippen LogP contribution in [0.4, 0.5) is 0 Å². The maximum absolute atomic E-state index is 9.75. The minimum Gasteiger partial charge on any atom is -0.393 e. The van der Waals surface area contributed by atoms with Crippen molar-refractivity contribution >= 4 is 0 Å². The third-order valence-corrected chi connectivity index (χ3v) is 2.85. The van der Waals surface area contributed by atoms with E-state index >= 15 is 0 Å². The molecule has 0 saturated heterocycles. The fourth-order valence-corrected chi connectivity index (χ4v) is 1.40. The van der Waals surface area contributed by atoms with E-state index in [1.165, 1.54) is 0 Å². The Labute approximate surface area is 83.5 Å². The van der Waals surface area contributed by atoms with Crippen molar-refractivity contribution in [2.75, 3.05) is 0 Å². The van der Waals surface area contributed by atoms with Gasteiger partial charge in [-0.15, -0.1) is 0 Å². The van der Waals surface area contributed by atoms with Crippen molar-refractivity contribution in [1.82, 2.24) is 0 Å². The van der Waals surface area contributed by atoms with Crippen molar-refractivity contribution in [2.45, 2.75) is 60.5 Å². The van der Waals surface area contributed by atoms with Gasteiger partial charge in [0.2, 0.25) is 0 Å². The molecule has 0 radical (unpaired) electrons. The quantitative estimate of drug-likeness (QED) is 0.713. The van der Waals surface area contributed by atoms with E-state index in [4.69, 9.17) is 0 Å². The minimum atomic E-state index is -0.116. The second kappa shape index (κ2) is 4.99. The van der Waals surface area contributed by atoms with Crippen LogP contribution in [0.5, 0.6) is 0 Å². The van der Waals surface area contributed by atoms with E-state index in [9.17, 15) is 5.11 Å². The van der Waals surface area contributed by atoms with Crippen molar-refractivity contribution in [2.24, 2.45) is 17.3 Å². The third-order valence-electron chi connectivity index (χ3n) is 2.85. The van der Waals surface area contributed by atoms with Gasteiger partial charge in [-0.25, -0.2) is 0 Å². The summed E-state index contributed by atoms with van der Waals surface area (Å²) < 4.78 is 0. The second-order valence-corrected chi connectivity index (χ2v) is 5.79. The Morgan fingerprint density at radius 2 is 1.46 bits per heavy atom. The molecular weight excluding hydrogens is 160 g/mol. The van der Waals surface area contributed by atoms with E-state index in [0.29, 0.717) is 17.3 Å². The van der Waals surface area contributed by atoms with Gasteiger partial charge in [0.15, 0.2) is 0 Å². The second-order valence-electron chi connectivity index (χ2n) is 5.79. The average Bonchev–Trinajstić information content (AvgIpc) is 1.82. The monoisotopic (exact) mass is 186 g/mol. The number of hydrogen-bond donors (Lipinski definition) is 1. The molecule has 0 bridgehead atoms. The molecule has 2 atom stereocenters. The summed E-state index contributed by atoms with van der Waals surface area (Å²) in [5.74, 6) is 1.18. The van der Waals surface area contributed by atoms with Gasteiger partial charge in [0.1, 0.15) is 0 Å². The smallest absolute Gasteiger partial charge is 0.0545 e.